The highest BCUT2D eigenvalue weighted by atomic mass is 32.2. The Labute approximate surface area is 105 Å². The van der Waals surface area contributed by atoms with E-state index in [0.29, 0.717) is 12.8 Å². The lowest BCUT2D eigenvalue weighted by atomic mass is 10.1. The highest BCUT2D eigenvalue weighted by molar-refractivity contribution is 7.89. The van der Waals surface area contributed by atoms with E-state index in [2.05, 4.69) is 0 Å². The van der Waals surface area contributed by atoms with E-state index in [4.69, 9.17) is 5.73 Å². The van der Waals surface area contributed by atoms with Crippen molar-refractivity contribution in [3.8, 4) is 0 Å². The SMILES string of the molecule is Nc1cc(S(=O)(=O)N2CCC(O)CC2)ccc1F. The van der Waals surface area contributed by atoms with Crippen LogP contribution >= 0.6 is 0 Å². The summed E-state index contributed by atoms with van der Waals surface area (Å²) in [7, 11) is -3.65. The molecule has 5 nitrogen and oxygen atoms in total. The third-order valence-electron chi connectivity index (χ3n) is 3.03. The second-order valence-corrected chi connectivity index (χ2v) is 6.26. The molecule has 1 aliphatic heterocycles. The van der Waals surface area contributed by atoms with Crippen molar-refractivity contribution in [2.75, 3.05) is 18.8 Å². The highest BCUT2D eigenvalue weighted by Crippen LogP contribution is 2.23. The van der Waals surface area contributed by atoms with Crippen molar-refractivity contribution < 1.29 is 17.9 Å². The number of nitrogens with two attached hydrogens (primary N) is 1. The van der Waals surface area contributed by atoms with Crippen molar-refractivity contribution in [1.29, 1.82) is 0 Å². The summed E-state index contributed by atoms with van der Waals surface area (Å²) in [5.41, 5.74) is 5.18. The van der Waals surface area contributed by atoms with Gasteiger partial charge in [-0.2, -0.15) is 4.31 Å². The molecule has 0 atom stereocenters. The number of rotatable bonds is 2. The van der Waals surface area contributed by atoms with Crippen LogP contribution in [0.5, 0.6) is 0 Å². The van der Waals surface area contributed by atoms with Gasteiger partial charge in [0.2, 0.25) is 10.0 Å². The first-order valence-electron chi connectivity index (χ1n) is 5.64. The maximum atomic E-state index is 13.0. The van der Waals surface area contributed by atoms with E-state index in [9.17, 15) is 17.9 Å². The van der Waals surface area contributed by atoms with Crippen LogP contribution in [0.1, 0.15) is 12.8 Å². The average Bonchev–Trinajstić information content (AvgIpc) is 2.33. The largest absolute Gasteiger partial charge is 0.396 e. The van der Waals surface area contributed by atoms with Crippen LogP contribution in [0.3, 0.4) is 0 Å². The number of anilines is 1. The molecule has 100 valence electrons. The molecule has 0 saturated carbocycles. The van der Waals surface area contributed by atoms with Crippen LogP contribution in [0, 0.1) is 5.82 Å². The molecule has 18 heavy (non-hydrogen) atoms. The van der Waals surface area contributed by atoms with Crippen LogP contribution in [0.25, 0.3) is 0 Å². The van der Waals surface area contributed by atoms with Gasteiger partial charge in [0.15, 0.2) is 0 Å². The number of aliphatic hydroxyl groups is 1. The van der Waals surface area contributed by atoms with Crippen LogP contribution in [0.15, 0.2) is 23.1 Å². The van der Waals surface area contributed by atoms with Gasteiger partial charge in [0, 0.05) is 13.1 Å². The Morgan fingerprint density at radius 1 is 1.33 bits per heavy atom. The first-order chi connectivity index (χ1) is 8.41. The van der Waals surface area contributed by atoms with Crippen LogP contribution in [-0.4, -0.2) is 37.0 Å². The second kappa shape index (κ2) is 4.83. The van der Waals surface area contributed by atoms with Crippen molar-refractivity contribution in [2.24, 2.45) is 0 Å². The Morgan fingerprint density at radius 2 is 1.94 bits per heavy atom. The van der Waals surface area contributed by atoms with E-state index in [1.807, 2.05) is 0 Å². The molecule has 0 spiro atoms. The predicted octanol–water partition coefficient (Wildman–Crippen LogP) is 0.553. The maximum Gasteiger partial charge on any atom is 0.243 e. The minimum Gasteiger partial charge on any atom is -0.396 e. The maximum absolute atomic E-state index is 13.0. The van der Waals surface area contributed by atoms with Crippen LogP contribution in [0.4, 0.5) is 10.1 Å². The Kier molecular flexibility index (Phi) is 3.56. The lowest BCUT2D eigenvalue weighted by molar-refractivity contribution is 0.113. The first kappa shape index (κ1) is 13.3. The van der Waals surface area contributed by atoms with E-state index in [1.165, 1.54) is 10.4 Å². The number of nitrogens with zero attached hydrogens (tertiary/aromatic N) is 1. The van der Waals surface area contributed by atoms with Gasteiger partial charge in [0.25, 0.3) is 0 Å². The topological polar surface area (TPSA) is 83.6 Å². The fraction of sp³-hybridized carbons (Fsp3) is 0.455. The number of sulfonamides is 1. The molecule has 0 unspecified atom stereocenters. The van der Waals surface area contributed by atoms with Gasteiger partial charge in [0.05, 0.1) is 16.7 Å². The lowest BCUT2D eigenvalue weighted by Crippen LogP contribution is -2.40. The molecule has 1 fully saturated rings. The zero-order valence-corrected chi connectivity index (χ0v) is 10.5. The summed E-state index contributed by atoms with van der Waals surface area (Å²) < 4.78 is 38.7. The number of piperidine rings is 1. The molecular weight excluding hydrogens is 259 g/mol. The second-order valence-electron chi connectivity index (χ2n) is 4.32. The summed E-state index contributed by atoms with van der Waals surface area (Å²) >= 11 is 0. The number of halogens is 1. The van der Waals surface area contributed by atoms with E-state index in [1.54, 1.807) is 0 Å². The first-order valence-corrected chi connectivity index (χ1v) is 7.08. The minimum absolute atomic E-state index is 0.0159. The molecule has 1 heterocycles. The van der Waals surface area contributed by atoms with Crippen LogP contribution in [0.2, 0.25) is 0 Å². The molecule has 3 N–H and O–H groups in total. The summed E-state index contributed by atoms with van der Waals surface area (Å²) in [6, 6.07) is 3.36. The molecule has 1 saturated heterocycles. The zero-order valence-electron chi connectivity index (χ0n) is 9.71. The fourth-order valence-electron chi connectivity index (χ4n) is 1.91. The Morgan fingerprint density at radius 3 is 2.50 bits per heavy atom. The Balaban J connectivity index is 2.27. The minimum atomic E-state index is -3.65. The summed E-state index contributed by atoms with van der Waals surface area (Å²) in [6.45, 7) is 0.529. The van der Waals surface area contributed by atoms with Crippen molar-refractivity contribution in [1.82, 2.24) is 4.31 Å². The molecule has 0 bridgehead atoms. The molecule has 0 aromatic heterocycles. The van der Waals surface area contributed by atoms with Gasteiger partial charge in [-0.15, -0.1) is 0 Å². The van der Waals surface area contributed by atoms with Crippen LogP contribution < -0.4 is 5.73 Å². The number of benzene rings is 1. The normalized spacial score (nSPS) is 19.0. The third kappa shape index (κ3) is 2.47. The Bertz CT molecular complexity index is 539. The quantitative estimate of drug-likeness (QED) is 0.772. The van der Waals surface area contributed by atoms with Crippen molar-refractivity contribution in [3.05, 3.63) is 24.0 Å². The zero-order chi connectivity index (χ0) is 13.3. The molecule has 0 amide bonds. The van der Waals surface area contributed by atoms with Gasteiger partial charge < -0.3 is 10.8 Å². The number of nitrogen functional groups attached to an aromatic ring is 1. The van der Waals surface area contributed by atoms with Crippen molar-refractivity contribution in [3.63, 3.8) is 0 Å². The average molecular weight is 274 g/mol. The molecular formula is C11H15FN2O3S. The van der Waals surface area contributed by atoms with Gasteiger partial charge in [-0.1, -0.05) is 0 Å². The third-order valence-corrected chi connectivity index (χ3v) is 4.92. The molecule has 7 heteroatoms. The van der Waals surface area contributed by atoms with E-state index < -0.39 is 21.9 Å². The summed E-state index contributed by atoms with van der Waals surface area (Å²) in [4.78, 5) is -0.0159. The van der Waals surface area contributed by atoms with Gasteiger partial charge in [-0.05, 0) is 31.0 Å². The Hall–Kier alpha value is -1.18. The number of aliphatic hydroxyl groups excluding tert-OH is 1. The standard InChI is InChI=1S/C11H15FN2O3S/c12-10-2-1-9(7-11(10)13)18(16,17)14-5-3-8(15)4-6-14/h1-2,7-8,15H,3-6,13H2. The number of hydrogen-bond donors (Lipinski definition) is 2. The van der Waals surface area contributed by atoms with Gasteiger partial charge in [-0.3, -0.25) is 0 Å². The molecule has 0 aliphatic carbocycles. The van der Waals surface area contributed by atoms with E-state index in [-0.39, 0.29) is 23.7 Å². The lowest BCUT2D eigenvalue weighted by Gasteiger charge is -2.28. The molecule has 1 aromatic carbocycles. The predicted molar refractivity (Wildman–Crippen MR) is 64.8 cm³/mol. The fourth-order valence-corrected chi connectivity index (χ4v) is 3.42. The smallest absolute Gasteiger partial charge is 0.243 e. The summed E-state index contributed by atoms with van der Waals surface area (Å²) in [5.74, 6) is -0.636. The summed E-state index contributed by atoms with van der Waals surface area (Å²) in [5, 5.41) is 9.35. The van der Waals surface area contributed by atoms with Crippen molar-refractivity contribution >= 4 is 15.7 Å². The highest BCUT2D eigenvalue weighted by Gasteiger charge is 2.28. The van der Waals surface area contributed by atoms with Gasteiger partial charge >= 0.3 is 0 Å². The van der Waals surface area contributed by atoms with E-state index >= 15 is 0 Å². The molecule has 2 rings (SSSR count). The molecule has 1 aliphatic rings. The van der Waals surface area contributed by atoms with Gasteiger partial charge in [0.1, 0.15) is 5.82 Å². The monoisotopic (exact) mass is 274 g/mol. The van der Waals surface area contributed by atoms with E-state index in [0.717, 1.165) is 12.1 Å². The number of hydrogen-bond acceptors (Lipinski definition) is 4. The van der Waals surface area contributed by atoms with Gasteiger partial charge in [-0.25, -0.2) is 12.8 Å². The van der Waals surface area contributed by atoms with Crippen LogP contribution in [-0.2, 0) is 10.0 Å². The van der Waals surface area contributed by atoms with Crippen molar-refractivity contribution in [2.45, 2.75) is 23.8 Å². The summed E-state index contributed by atoms with van der Waals surface area (Å²) in [6.07, 6.45) is 0.376. The molecule has 0 radical (unpaired) electrons. The molecule has 1 aromatic rings.